The Labute approximate surface area is 228 Å². The molecule has 37 heavy (non-hydrogen) atoms. The number of allylic oxidation sites excluding steroid dienone is 2. The number of amides is 1. The fraction of sp³-hybridized carbons (Fsp3) is 0.500. The van der Waals surface area contributed by atoms with E-state index in [0.717, 1.165) is 55.1 Å². The molecule has 2 aliphatic rings. The average molecular weight is 542 g/mol. The van der Waals surface area contributed by atoms with Crippen molar-refractivity contribution in [3.05, 3.63) is 70.3 Å². The van der Waals surface area contributed by atoms with Gasteiger partial charge in [0.15, 0.2) is 0 Å². The third-order valence-electron chi connectivity index (χ3n) is 7.48. The molecule has 0 N–H and O–H groups in total. The molecule has 0 aromatic heterocycles. The van der Waals surface area contributed by atoms with Crippen LogP contribution < -0.4 is 9.64 Å². The van der Waals surface area contributed by atoms with Gasteiger partial charge in [0.1, 0.15) is 5.75 Å². The maximum Gasteiger partial charge on any atom is 0.254 e. The van der Waals surface area contributed by atoms with Gasteiger partial charge in [-0.25, -0.2) is 0 Å². The van der Waals surface area contributed by atoms with E-state index in [1.807, 2.05) is 18.2 Å². The van der Waals surface area contributed by atoms with Gasteiger partial charge in [-0.2, -0.15) is 10.6 Å². The number of fused-ring (bicyclic) bond motifs is 2. The molecule has 0 saturated carbocycles. The molecule has 2 aromatic rings. The molecular weight excluding hydrogens is 504 g/mol. The van der Waals surface area contributed by atoms with Crippen LogP contribution in [0.3, 0.4) is 0 Å². The van der Waals surface area contributed by atoms with Crippen molar-refractivity contribution in [1.82, 2.24) is 0 Å². The first kappa shape index (κ1) is 27.7. The van der Waals surface area contributed by atoms with Crippen LogP contribution in [0.15, 0.2) is 52.9 Å². The molecule has 1 amide bonds. The second kappa shape index (κ2) is 13.0. The summed E-state index contributed by atoms with van der Waals surface area (Å²) >= 11 is 6.37. The number of carbonyl (C=O) groups is 1. The number of hydrogen-bond acceptors (Lipinski definition) is 5. The Morgan fingerprint density at radius 1 is 1.00 bits per heavy atom. The number of anilines is 1. The molecule has 0 fully saturated rings. The first-order valence-electron chi connectivity index (χ1n) is 13.4. The zero-order chi connectivity index (χ0) is 26.4. The van der Waals surface area contributed by atoms with E-state index in [9.17, 15) is 9.00 Å². The normalized spacial score (nSPS) is 24.4. The number of halogens is 1. The standard InChI is InChI=1S/C30H38ClN2O3S/c1-21-8-4-5-9-22(2)23(3)18-33-19-26-11-13-27(31)16-24(26)10-6-7-15-36-29-14-12-25(17-28(29)33)30(34)32-37(35)20-21/h4-5,11-14,16-17,21-23H,6-10,15,18-20H2,1-3H3/q-1. The van der Waals surface area contributed by atoms with E-state index in [0.29, 0.717) is 36.3 Å². The van der Waals surface area contributed by atoms with Crippen LogP contribution in [0.5, 0.6) is 5.75 Å². The molecule has 0 radical (unpaired) electrons. The Balaban J connectivity index is 1.81. The van der Waals surface area contributed by atoms with E-state index < -0.39 is 16.5 Å². The molecule has 4 rings (SSSR count). The van der Waals surface area contributed by atoms with Crippen molar-refractivity contribution in [1.29, 1.82) is 0 Å². The maximum atomic E-state index is 13.0. The first-order chi connectivity index (χ1) is 17.8. The van der Waals surface area contributed by atoms with Gasteiger partial charge >= 0.3 is 0 Å². The minimum absolute atomic E-state index is 0.194. The highest BCUT2D eigenvalue weighted by Gasteiger charge is 2.22. The first-order valence-corrected chi connectivity index (χ1v) is 15.0. The summed E-state index contributed by atoms with van der Waals surface area (Å²) in [5, 5.41) is 0.754. The van der Waals surface area contributed by atoms with Crippen LogP contribution >= 0.6 is 11.6 Å². The predicted molar refractivity (Wildman–Crippen MR) is 153 cm³/mol. The van der Waals surface area contributed by atoms with E-state index in [-0.39, 0.29) is 5.92 Å². The molecule has 5 nitrogen and oxygen atoms in total. The molecular formula is C30H38ClN2O3S-. The van der Waals surface area contributed by atoms with E-state index in [4.69, 9.17) is 16.3 Å². The molecule has 2 bridgehead atoms. The molecule has 3 unspecified atom stereocenters. The van der Waals surface area contributed by atoms with Gasteiger partial charge in [0, 0.05) is 23.7 Å². The minimum atomic E-state index is -1.56. The highest BCUT2D eigenvalue weighted by molar-refractivity contribution is 7.75. The summed E-state index contributed by atoms with van der Waals surface area (Å²) in [6.45, 7) is 8.75. The van der Waals surface area contributed by atoms with Crippen LogP contribution in [0.4, 0.5) is 5.69 Å². The lowest BCUT2D eigenvalue weighted by atomic mass is 9.91. The second-order valence-electron chi connectivity index (χ2n) is 10.7. The van der Waals surface area contributed by atoms with Gasteiger partial charge in [0.2, 0.25) is 0 Å². The fourth-order valence-corrected chi connectivity index (χ4v) is 6.13. The molecule has 2 heterocycles. The minimum Gasteiger partial charge on any atom is -0.491 e. The number of benzene rings is 2. The van der Waals surface area contributed by atoms with Crippen LogP contribution in [0.25, 0.3) is 0 Å². The third-order valence-corrected chi connectivity index (χ3v) is 8.94. The Bertz CT molecular complexity index is 1220. The monoisotopic (exact) mass is 541 g/mol. The van der Waals surface area contributed by atoms with E-state index in [2.05, 4.69) is 54.3 Å². The number of carbonyl (C=O) groups excluding carboxylic acids is 1. The maximum absolute atomic E-state index is 13.0. The Hall–Kier alpha value is -2.31. The van der Waals surface area contributed by atoms with Crippen LogP contribution in [0, 0.1) is 17.8 Å². The van der Waals surface area contributed by atoms with Crippen LogP contribution in [0.1, 0.15) is 67.9 Å². The van der Waals surface area contributed by atoms with Crippen molar-refractivity contribution in [2.24, 2.45) is 22.1 Å². The van der Waals surface area contributed by atoms with Crippen molar-refractivity contribution in [3.63, 3.8) is 0 Å². The summed E-state index contributed by atoms with van der Waals surface area (Å²) in [6, 6.07) is 11.7. The summed E-state index contributed by atoms with van der Waals surface area (Å²) in [5.41, 5.74) is 3.82. The van der Waals surface area contributed by atoms with Gasteiger partial charge in [0.05, 0.1) is 12.3 Å². The summed E-state index contributed by atoms with van der Waals surface area (Å²) in [6.07, 6.45) is 9.14. The molecule has 0 saturated heterocycles. The largest absolute Gasteiger partial charge is 0.491 e. The van der Waals surface area contributed by atoms with Crippen molar-refractivity contribution in [3.8, 4) is 5.75 Å². The van der Waals surface area contributed by atoms with Gasteiger partial charge < -0.3 is 18.2 Å². The molecule has 0 aliphatic carbocycles. The molecule has 200 valence electrons. The predicted octanol–water partition coefficient (Wildman–Crippen LogP) is 7.61. The van der Waals surface area contributed by atoms with Gasteiger partial charge in [-0.1, -0.05) is 62.3 Å². The summed E-state index contributed by atoms with van der Waals surface area (Å²) in [7, 11) is -1.56. The van der Waals surface area contributed by atoms with Crippen molar-refractivity contribution in [2.45, 2.75) is 59.4 Å². The number of nitrogens with zero attached hydrogens (tertiary/aromatic N) is 2. The lowest BCUT2D eigenvalue weighted by Crippen LogP contribution is -2.31. The number of aryl methyl sites for hydroxylation is 1. The van der Waals surface area contributed by atoms with Gasteiger partial charge in [0.25, 0.3) is 5.91 Å². The second-order valence-corrected chi connectivity index (χ2v) is 12.3. The quantitative estimate of drug-likeness (QED) is 0.254. The van der Waals surface area contributed by atoms with Crippen molar-refractivity contribution >= 4 is 33.8 Å². The SMILES string of the molecule is CC1CC=CCC(C)C(C)CN2Cc3ccc(Cl)cc3CCCCOc3ccc(cc32)C(=O)N=[S-](=O)C1. The molecule has 3 atom stereocenters. The van der Waals surface area contributed by atoms with Gasteiger partial charge in [-0.3, -0.25) is 4.79 Å². The van der Waals surface area contributed by atoms with Gasteiger partial charge in [-0.05, 0) is 85.4 Å². The zero-order valence-electron chi connectivity index (χ0n) is 22.1. The van der Waals surface area contributed by atoms with Crippen LogP contribution in [0.2, 0.25) is 5.02 Å². The lowest BCUT2D eigenvalue weighted by Gasteiger charge is -2.32. The molecule has 0 spiro atoms. The highest BCUT2D eigenvalue weighted by atomic mass is 35.5. The molecule has 2 aromatic carbocycles. The summed E-state index contributed by atoms with van der Waals surface area (Å²) in [5.74, 6) is 1.77. The topological polar surface area (TPSA) is 59.0 Å². The fourth-order valence-electron chi connectivity index (χ4n) is 4.95. The number of ether oxygens (including phenoxy) is 1. The Kier molecular flexibility index (Phi) is 9.71. The smallest absolute Gasteiger partial charge is 0.254 e. The number of hydrogen-bond donors (Lipinski definition) is 0. The van der Waals surface area contributed by atoms with Crippen molar-refractivity contribution < 1.29 is 13.7 Å². The highest BCUT2D eigenvalue weighted by Crippen LogP contribution is 2.35. The summed E-state index contributed by atoms with van der Waals surface area (Å²) in [4.78, 5) is 15.4. The van der Waals surface area contributed by atoms with Crippen LogP contribution in [-0.2, 0) is 27.8 Å². The van der Waals surface area contributed by atoms with E-state index >= 15 is 0 Å². The van der Waals surface area contributed by atoms with Crippen LogP contribution in [-0.4, -0.2) is 24.8 Å². The average Bonchev–Trinajstić information content (AvgIpc) is 2.89. The van der Waals surface area contributed by atoms with Crippen molar-refractivity contribution in [2.75, 3.05) is 23.8 Å². The van der Waals surface area contributed by atoms with E-state index in [1.165, 1.54) is 11.1 Å². The Morgan fingerprint density at radius 2 is 1.81 bits per heavy atom. The molecule has 2 aliphatic heterocycles. The number of rotatable bonds is 0. The zero-order valence-corrected chi connectivity index (χ0v) is 23.7. The lowest BCUT2D eigenvalue weighted by molar-refractivity contribution is 0.100. The van der Waals surface area contributed by atoms with Gasteiger partial charge in [-0.15, -0.1) is 0 Å². The molecule has 7 heteroatoms. The Morgan fingerprint density at radius 3 is 2.65 bits per heavy atom. The van der Waals surface area contributed by atoms with E-state index in [1.54, 1.807) is 6.07 Å². The summed E-state index contributed by atoms with van der Waals surface area (Å²) < 4.78 is 22.9. The third kappa shape index (κ3) is 7.61.